The number of amides is 1. The van der Waals surface area contributed by atoms with Gasteiger partial charge in [-0.15, -0.1) is 0 Å². The van der Waals surface area contributed by atoms with Gasteiger partial charge in [0.25, 0.3) is 11.5 Å². The van der Waals surface area contributed by atoms with Crippen molar-refractivity contribution < 1.29 is 13.2 Å². The van der Waals surface area contributed by atoms with E-state index in [0.717, 1.165) is 16.3 Å². The third-order valence-electron chi connectivity index (χ3n) is 6.11. The average Bonchev–Trinajstić information content (AvgIpc) is 2.90. The van der Waals surface area contributed by atoms with Crippen LogP contribution < -0.4 is 10.9 Å². The van der Waals surface area contributed by atoms with E-state index in [1.807, 2.05) is 36.4 Å². The van der Waals surface area contributed by atoms with Gasteiger partial charge in [-0.05, 0) is 59.0 Å². The van der Waals surface area contributed by atoms with Crippen LogP contribution in [0.15, 0.2) is 111 Å². The van der Waals surface area contributed by atoms with Gasteiger partial charge in [0.05, 0.1) is 11.4 Å². The van der Waals surface area contributed by atoms with Gasteiger partial charge in [-0.25, -0.2) is 13.4 Å². The fourth-order valence-corrected chi connectivity index (χ4v) is 5.33. The smallest absolute Gasteiger partial charge is 0.274 e. The molecular formula is C29H22BrN3O4S. The van der Waals surface area contributed by atoms with Gasteiger partial charge in [0, 0.05) is 27.9 Å². The van der Waals surface area contributed by atoms with Crippen molar-refractivity contribution in [1.82, 2.24) is 9.55 Å². The van der Waals surface area contributed by atoms with Crippen molar-refractivity contribution in [1.29, 1.82) is 0 Å². The number of hydrogen-bond donors (Lipinski definition) is 1. The Bertz CT molecular complexity index is 1820. The molecule has 0 bridgehead atoms. The maximum Gasteiger partial charge on any atom is 0.274 e. The molecule has 3 aromatic carbocycles. The van der Waals surface area contributed by atoms with E-state index in [1.54, 1.807) is 48.7 Å². The maximum atomic E-state index is 13.9. The van der Waals surface area contributed by atoms with E-state index in [0.29, 0.717) is 27.7 Å². The molecular weight excluding hydrogens is 566 g/mol. The monoisotopic (exact) mass is 587 g/mol. The number of carbonyl (C=O) groups excluding carboxylic acids is 1. The molecule has 7 nitrogen and oxygen atoms in total. The first-order valence-corrected chi connectivity index (χ1v) is 14.3. The molecule has 38 heavy (non-hydrogen) atoms. The Morgan fingerprint density at radius 3 is 2.29 bits per heavy atom. The first-order chi connectivity index (χ1) is 18.2. The highest BCUT2D eigenvalue weighted by Crippen LogP contribution is 2.33. The number of nitrogens with one attached hydrogen (secondary N) is 1. The van der Waals surface area contributed by atoms with E-state index in [4.69, 9.17) is 0 Å². The Kier molecular flexibility index (Phi) is 6.96. The van der Waals surface area contributed by atoms with Crippen molar-refractivity contribution in [2.24, 2.45) is 0 Å². The number of hydrogen-bond acceptors (Lipinski definition) is 5. The third-order valence-corrected chi connectivity index (χ3v) is 7.73. The van der Waals surface area contributed by atoms with Crippen LogP contribution >= 0.6 is 15.9 Å². The molecule has 0 fully saturated rings. The van der Waals surface area contributed by atoms with Crippen molar-refractivity contribution >= 4 is 48.3 Å². The number of benzene rings is 3. The number of aromatic nitrogens is 2. The molecule has 0 unspecified atom stereocenters. The molecule has 9 heteroatoms. The standard InChI is InChI=1S/C29H22BrN3O4S/c1-38(36,37)22-13-10-19(11-14-22)18-33-27(28(34)32-25-9-5-6-16-31-25)26(20-7-3-2-4-8-20)24-17-21(30)12-15-23(24)29(33)35/h2-17H,18H2,1H3,(H,31,32,34). The van der Waals surface area contributed by atoms with Gasteiger partial charge in [0.15, 0.2) is 9.84 Å². The highest BCUT2D eigenvalue weighted by Gasteiger charge is 2.24. The van der Waals surface area contributed by atoms with Crippen LogP contribution in [0.2, 0.25) is 0 Å². The molecule has 0 aliphatic carbocycles. The summed E-state index contributed by atoms with van der Waals surface area (Å²) in [6, 6.07) is 26.2. The van der Waals surface area contributed by atoms with Crippen molar-refractivity contribution in [3.05, 3.63) is 123 Å². The second-order valence-corrected chi connectivity index (χ2v) is 11.7. The molecule has 1 N–H and O–H groups in total. The van der Waals surface area contributed by atoms with E-state index in [2.05, 4.69) is 26.2 Å². The van der Waals surface area contributed by atoms with Crippen LogP contribution in [-0.4, -0.2) is 30.1 Å². The normalized spacial score (nSPS) is 11.4. The highest BCUT2D eigenvalue weighted by atomic mass is 79.9. The second-order valence-electron chi connectivity index (χ2n) is 8.76. The number of sulfone groups is 1. The lowest BCUT2D eigenvalue weighted by Crippen LogP contribution is -2.30. The zero-order valence-corrected chi connectivity index (χ0v) is 22.7. The van der Waals surface area contributed by atoms with E-state index in [1.165, 1.54) is 16.7 Å². The Labute approximate surface area is 227 Å². The fraction of sp³-hybridized carbons (Fsp3) is 0.0690. The average molecular weight is 588 g/mol. The number of halogens is 1. The summed E-state index contributed by atoms with van der Waals surface area (Å²) in [6.45, 7) is 0.0552. The predicted octanol–water partition coefficient (Wildman–Crippen LogP) is 5.53. The van der Waals surface area contributed by atoms with Gasteiger partial charge in [0.1, 0.15) is 11.5 Å². The molecule has 0 aliphatic heterocycles. The van der Waals surface area contributed by atoms with Gasteiger partial charge in [0.2, 0.25) is 0 Å². The zero-order chi connectivity index (χ0) is 26.9. The van der Waals surface area contributed by atoms with Gasteiger partial charge in [-0.1, -0.05) is 64.5 Å². The molecule has 0 saturated carbocycles. The highest BCUT2D eigenvalue weighted by molar-refractivity contribution is 9.10. The van der Waals surface area contributed by atoms with Crippen LogP contribution in [0.3, 0.4) is 0 Å². The van der Waals surface area contributed by atoms with Crippen LogP contribution in [0.25, 0.3) is 21.9 Å². The zero-order valence-electron chi connectivity index (χ0n) is 20.3. The molecule has 0 atom stereocenters. The summed E-state index contributed by atoms with van der Waals surface area (Å²) in [5.74, 6) is -0.142. The number of rotatable bonds is 6. The number of pyridine rings is 2. The lowest BCUT2D eigenvalue weighted by molar-refractivity contribution is 0.101. The predicted molar refractivity (Wildman–Crippen MR) is 152 cm³/mol. The summed E-state index contributed by atoms with van der Waals surface area (Å²) in [4.78, 5) is 32.2. The Hall–Kier alpha value is -4.08. The summed E-state index contributed by atoms with van der Waals surface area (Å²) in [6.07, 6.45) is 2.71. The van der Waals surface area contributed by atoms with Crippen molar-refractivity contribution in [3.63, 3.8) is 0 Å². The van der Waals surface area contributed by atoms with Gasteiger partial charge in [-0.3, -0.25) is 14.2 Å². The summed E-state index contributed by atoms with van der Waals surface area (Å²) in [5, 5.41) is 3.91. The molecule has 0 spiro atoms. The van der Waals surface area contributed by atoms with Crippen LogP contribution in [-0.2, 0) is 16.4 Å². The summed E-state index contributed by atoms with van der Waals surface area (Å²) >= 11 is 3.51. The second kappa shape index (κ2) is 10.4. The molecule has 1 amide bonds. The van der Waals surface area contributed by atoms with E-state index in [-0.39, 0.29) is 22.7 Å². The lowest BCUT2D eigenvalue weighted by Gasteiger charge is -2.20. The topological polar surface area (TPSA) is 98.1 Å². The minimum Gasteiger partial charge on any atom is -0.305 e. The molecule has 2 aromatic heterocycles. The van der Waals surface area contributed by atoms with Crippen LogP contribution in [0.5, 0.6) is 0 Å². The van der Waals surface area contributed by atoms with Crippen molar-refractivity contribution in [3.8, 4) is 11.1 Å². The Balaban J connectivity index is 1.78. The number of anilines is 1. The molecule has 2 heterocycles. The number of carbonyl (C=O) groups is 1. The Morgan fingerprint density at radius 1 is 0.921 bits per heavy atom. The molecule has 5 aromatic rings. The quantitative estimate of drug-likeness (QED) is 0.281. The molecule has 0 aliphatic rings. The molecule has 0 radical (unpaired) electrons. The summed E-state index contributed by atoms with van der Waals surface area (Å²) < 4.78 is 26.1. The van der Waals surface area contributed by atoms with Gasteiger partial charge < -0.3 is 5.32 Å². The molecule has 5 rings (SSSR count). The van der Waals surface area contributed by atoms with Crippen LogP contribution in [0, 0.1) is 0 Å². The van der Waals surface area contributed by atoms with Gasteiger partial charge in [-0.2, -0.15) is 0 Å². The summed E-state index contributed by atoms with van der Waals surface area (Å²) in [7, 11) is -3.38. The lowest BCUT2D eigenvalue weighted by atomic mass is 9.96. The summed E-state index contributed by atoms with van der Waals surface area (Å²) in [5.41, 5.74) is 1.86. The number of fused-ring (bicyclic) bond motifs is 1. The van der Waals surface area contributed by atoms with E-state index < -0.39 is 15.7 Å². The largest absolute Gasteiger partial charge is 0.305 e. The first-order valence-electron chi connectivity index (χ1n) is 11.7. The molecule has 190 valence electrons. The Morgan fingerprint density at radius 2 is 1.63 bits per heavy atom. The van der Waals surface area contributed by atoms with Crippen LogP contribution in [0.4, 0.5) is 5.82 Å². The molecule has 0 saturated heterocycles. The number of nitrogens with zero attached hydrogens (tertiary/aromatic N) is 2. The first kappa shape index (κ1) is 25.6. The third kappa shape index (κ3) is 5.16. The minimum absolute atomic E-state index is 0.0552. The fourth-order valence-electron chi connectivity index (χ4n) is 4.34. The van der Waals surface area contributed by atoms with E-state index in [9.17, 15) is 18.0 Å². The van der Waals surface area contributed by atoms with Crippen molar-refractivity contribution in [2.45, 2.75) is 11.4 Å². The van der Waals surface area contributed by atoms with Crippen LogP contribution in [0.1, 0.15) is 16.1 Å². The van der Waals surface area contributed by atoms with E-state index >= 15 is 0 Å². The van der Waals surface area contributed by atoms with Crippen molar-refractivity contribution in [2.75, 3.05) is 11.6 Å². The minimum atomic E-state index is -3.38. The van der Waals surface area contributed by atoms with Gasteiger partial charge >= 0.3 is 0 Å². The maximum absolute atomic E-state index is 13.9. The SMILES string of the molecule is CS(=O)(=O)c1ccc(Cn2c(C(=O)Nc3ccccn3)c(-c3ccccc3)c3cc(Br)ccc3c2=O)cc1.